The van der Waals surface area contributed by atoms with Gasteiger partial charge in [-0.1, -0.05) is 114 Å². The van der Waals surface area contributed by atoms with Gasteiger partial charge in [0, 0.05) is 6.42 Å². The van der Waals surface area contributed by atoms with Crippen molar-refractivity contribution in [2.45, 2.75) is 103 Å². The number of carbonyl (C=O) groups is 1. The molecule has 1 N–H and O–H groups in total. The van der Waals surface area contributed by atoms with Crippen LogP contribution in [0, 0.1) is 0 Å². The van der Waals surface area contributed by atoms with Crippen molar-refractivity contribution >= 4 is 15.0 Å². The molecule has 0 atom stereocenters. The van der Waals surface area contributed by atoms with E-state index in [-0.39, 0.29) is 18.4 Å². The number of esters is 1. The van der Waals surface area contributed by atoms with Crippen molar-refractivity contribution < 1.29 is 19.1 Å². The minimum absolute atomic E-state index is 0.108. The van der Waals surface area contributed by atoms with Crippen LogP contribution in [0.5, 0.6) is 0 Å². The van der Waals surface area contributed by atoms with Gasteiger partial charge in [-0.15, -0.1) is 0 Å². The van der Waals surface area contributed by atoms with Crippen molar-refractivity contribution in [2.75, 3.05) is 12.5 Å². The topological polar surface area (TPSA) is 55.8 Å². The van der Waals surface area contributed by atoms with Crippen molar-refractivity contribution in [3.05, 3.63) is 35.9 Å². The fourth-order valence-corrected chi connectivity index (χ4v) is 4.17. The van der Waals surface area contributed by atoms with Crippen LogP contribution in [0.25, 0.3) is 0 Å². The van der Waals surface area contributed by atoms with Crippen LogP contribution in [0.15, 0.2) is 30.3 Å². The summed E-state index contributed by atoms with van der Waals surface area (Å²) in [5.41, 5.74) is 1.08. The lowest BCUT2D eigenvalue weighted by Crippen LogP contribution is -2.29. The first-order chi connectivity index (χ1) is 14.7. The average molecular weight is 436 g/mol. The number of ether oxygens (including phenoxy) is 2. The van der Waals surface area contributed by atoms with Crippen molar-refractivity contribution in [1.82, 2.24) is 0 Å². The van der Waals surface area contributed by atoms with E-state index in [1.54, 1.807) is 0 Å². The molecule has 1 aromatic carbocycles. The highest BCUT2D eigenvalue weighted by molar-refractivity contribution is 6.50. The molecule has 0 amide bonds. The maximum atomic E-state index is 11.8. The summed E-state index contributed by atoms with van der Waals surface area (Å²) < 4.78 is 10.7. The maximum Gasteiger partial charge on any atom is 0.305 e. The summed E-state index contributed by atoms with van der Waals surface area (Å²) in [5.74, 6) is -0.197. The summed E-state index contributed by atoms with van der Waals surface area (Å²) >= 11 is 0. The zero-order chi connectivity index (χ0) is 21.7. The van der Waals surface area contributed by atoms with Gasteiger partial charge in [0.1, 0.15) is 6.23 Å². The molecule has 0 aliphatic heterocycles. The summed E-state index contributed by atoms with van der Waals surface area (Å²) in [7, 11) is -1.78. The van der Waals surface area contributed by atoms with E-state index in [9.17, 15) is 9.59 Å². The molecule has 1 radical (unpaired) electrons. The Morgan fingerprint density at radius 1 is 0.800 bits per heavy atom. The number of hydrogen-bond donors (Lipinski definition) is 1. The van der Waals surface area contributed by atoms with Gasteiger partial charge < -0.3 is 14.3 Å². The first-order valence-electron chi connectivity index (χ1n) is 12.0. The molecule has 0 spiro atoms. The number of unbranched alkanes of at least 4 members (excludes halogenated alkanes) is 12. The Morgan fingerprint density at radius 3 is 1.90 bits per heavy atom. The molecule has 4 nitrogen and oxygen atoms in total. The van der Waals surface area contributed by atoms with Gasteiger partial charge in [-0.05, 0) is 12.0 Å². The third kappa shape index (κ3) is 16.6. The lowest BCUT2D eigenvalue weighted by atomic mass is 10.0. The fourth-order valence-electron chi connectivity index (χ4n) is 3.43. The van der Waals surface area contributed by atoms with Crippen LogP contribution in [0.2, 0.25) is 0 Å². The van der Waals surface area contributed by atoms with Gasteiger partial charge in [0.05, 0.1) is 12.8 Å². The molecule has 1 aromatic rings. The number of hydrogen-bond acceptors (Lipinski definition) is 4. The lowest BCUT2D eigenvalue weighted by Gasteiger charge is -2.10. The Labute approximate surface area is 186 Å². The van der Waals surface area contributed by atoms with E-state index in [1.807, 2.05) is 30.3 Å². The molecule has 0 bridgehead atoms. The average Bonchev–Trinajstić information content (AvgIpc) is 2.76. The minimum Gasteiger partial charge on any atom is -0.467 e. The molecule has 0 aliphatic carbocycles. The predicted octanol–water partition coefficient (Wildman–Crippen LogP) is 6.29. The quantitative estimate of drug-likeness (QED) is 0.148. The molecule has 0 saturated heterocycles. The number of benzene rings is 1. The lowest BCUT2D eigenvalue weighted by molar-refractivity contribution is -0.142. The summed E-state index contributed by atoms with van der Waals surface area (Å²) in [6, 6.07) is 9.85. The van der Waals surface area contributed by atoms with Crippen molar-refractivity contribution in [3.8, 4) is 0 Å². The fraction of sp³-hybridized carbons (Fsp3) is 0.720. The summed E-state index contributed by atoms with van der Waals surface area (Å²) in [6.45, 7) is 2.74. The minimum atomic E-state index is -1.78. The molecule has 0 aliphatic rings. The van der Waals surface area contributed by atoms with Gasteiger partial charge in [0.2, 0.25) is 0 Å². The van der Waals surface area contributed by atoms with Gasteiger partial charge in [-0.25, -0.2) is 0 Å². The van der Waals surface area contributed by atoms with Gasteiger partial charge in [0.15, 0.2) is 0 Å². The highest BCUT2D eigenvalue weighted by atomic mass is 28.3. The molecule has 30 heavy (non-hydrogen) atoms. The Balaban J connectivity index is 1.83. The standard InChI is InChI=1S/C25H43O4Si/c1-2-3-4-5-6-7-8-9-10-11-12-13-17-20-25(26)29-23-30(27)22-28-21-24-18-15-14-16-19-24/h14-16,18-19,27H,2-13,17,20-23H2,1H3. The van der Waals surface area contributed by atoms with Crippen LogP contribution >= 0.6 is 0 Å². The second-order valence-electron chi connectivity index (χ2n) is 8.20. The van der Waals surface area contributed by atoms with Gasteiger partial charge in [-0.2, -0.15) is 0 Å². The van der Waals surface area contributed by atoms with Crippen molar-refractivity contribution in [3.63, 3.8) is 0 Å². The number of rotatable bonds is 20. The third-order valence-corrected chi connectivity index (χ3v) is 6.28. The van der Waals surface area contributed by atoms with E-state index in [0.29, 0.717) is 13.0 Å². The normalized spacial score (nSPS) is 11.2. The monoisotopic (exact) mass is 435 g/mol. The van der Waals surface area contributed by atoms with E-state index >= 15 is 0 Å². The molecule has 0 fully saturated rings. The van der Waals surface area contributed by atoms with Crippen LogP contribution in [0.3, 0.4) is 0 Å². The predicted molar refractivity (Wildman–Crippen MR) is 125 cm³/mol. The van der Waals surface area contributed by atoms with Crippen molar-refractivity contribution in [2.24, 2.45) is 0 Å². The van der Waals surface area contributed by atoms with E-state index in [4.69, 9.17) is 9.47 Å². The highest BCUT2D eigenvalue weighted by Crippen LogP contribution is 2.13. The first-order valence-corrected chi connectivity index (χ1v) is 13.9. The third-order valence-electron chi connectivity index (χ3n) is 5.26. The zero-order valence-electron chi connectivity index (χ0n) is 19.1. The Kier molecular flexibility index (Phi) is 17.7. The Bertz CT molecular complexity index is 509. The van der Waals surface area contributed by atoms with E-state index in [0.717, 1.165) is 18.4 Å². The molecule has 5 heteroatoms. The zero-order valence-corrected chi connectivity index (χ0v) is 20.1. The van der Waals surface area contributed by atoms with E-state index in [2.05, 4.69) is 6.92 Å². The Hall–Kier alpha value is -1.17. The van der Waals surface area contributed by atoms with E-state index in [1.165, 1.54) is 70.6 Å². The molecule has 1 rings (SSSR count). The maximum absolute atomic E-state index is 11.8. The summed E-state index contributed by atoms with van der Waals surface area (Å²) in [4.78, 5) is 21.7. The molecule has 0 unspecified atom stereocenters. The highest BCUT2D eigenvalue weighted by Gasteiger charge is 2.12. The summed E-state index contributed by atoms with van der Waals surface area (Å²) in [5, 5.41) is 0. The molecule has 0 aromatic heterocycles. The smallest absolute Gasteiger partial charge is 0.305 e. The summed E-state index contributed by atoms with van der Waals surface area (Å²) in [6.07, 6.45) is 17.6. The Morgan fingerprint density at radius 2 is 1.33 bits per heavy atom. The largest absolute Gasteiger partial charge is 0.467 e. The molecular formula is C25H43O4Si. The van der Waals surface area contributed by atoms with Gasteiger partial charge in [-0.3, -0.25) is 4.79 Å². The van der Waals surface area contributed by atoms with Crippen LogP contribution in [-0.2, 0) is 20.9 Å². The van der Waals surface area contributed by atoms with Crippen molar-refractivity contribution in [1.29, 1.82) is 0 Å². The number of carbonyl (C=O) groups excluding carboxylic acids is 1. The molecule has 0 saturated carbocycles. The first kappa shape index (κ1) is 26.9. The van der Waals surface area contributed by atoms with Crippen LogP contribution in [0.1, 0.15) is 102 Å². The molecule has 171 valence electrons. The van der Waals surface area contributed by atoms with Crippen LogP contribution < -0.4 is 0 Å². The van der Waals surface area contributed by atoms with Gasteiger partial charge >= 0.3 is 5.97 Å². The second-order valence-corrected chi connectivity index (χ2v) is 9.91. The molecule has 0 heterocycles. The molecular weight excluding hydrogens is 392 g/mol. The van der Waals surface area contributed by atoms with E-state index < -0.39 is 9.04 Å². The van der Waals surface area contributed by atoms with Crippen LogP contribution in [-0.4, -0.2) is 32.3 Å². The van der Waals surface area contributed by atoms with Gasteiger partial charge in [0.25, 0.3) is 9.04 Å². The second kappa shape index (κ2) is 19.8. The van der Waals surface area contributed by atoms with Crippen LogP contribution in [0.4, 0.5) is 0 Å². The SMILES string of the molecule is CCCCCCCCCCCCCCCC(=O)OC[Si](O)COCc1ccccc1.